The molecule has 2 heterocycles. The first kappa shape index (κ1) is 14.0. The topological polar surface area (TPSA) is 67.4 Å². The van der Waals surface area contributed by atoms with Crippen molar-refractivity contribution in [3.05, 3.63) is 16.3 Å². The molecular formula is C11H18N2O3S2. The summed E-state index contributed by atoms with van der Waals surface area (Å²) in [6.07, 6.45) is 0.706. The maximum atomic E-state index is 12.4. The monoisotopic (exact) mass is 290 g/mol. The van der Waals surface area contributed by atoms with Gasteiger partial charge in [-0.05, 0) is 31.8 Å². The Labute approximate surface area is 112 Å². The molecule has 0 spiro atoms. The Hall–Kier alpha value is -0.470. The van der Waals surface area contributed by atoms with Crippen molar-refractivity contribution in [3.8, 4) is 0 Å². The second kappa shape index (κ2) is 5.26. The average Bonchev–Trinajstić information content (AvgIpc) is 2.87. The van der Waals surface area contributed by atoms with Crippen LogP contribution in [0, 0.1) is 0 Å². The van der Waals surface area contributed by atoms with Gasteiger partial charge in [-0.3, -0.25) is 0 Å². The number of sulfonamides is 1. The lowest BCUT2D eigenvalue weighted by Crippen LogP contribution is -2.46. The lowest BCUT2D eigenvalue weighted by molar-refractivity contribution is 0.178. The van der Waals surface area contributed by atoms with E-state index >= 15 is 0 Å². The van der Waals surface area contributed by atoms with E-state index in [4.69, 9.17) is 4.74 Å². The minimum atomic E-state index is -3.47. The minimum Gasteiger partial charge on any atom is -0.379 e. The third-order valence-corrected chi connectivity index (χ3v) is 5.70. The van der Waals surface area contributed by atoms with Crippen LogP contribution in [-0.2, 0) is 21.3 Å². The molecular weight excluding hydrogens is 272 g/mol. The van der Waals surface area contributed by atoms with E-state index in [1.54, 1.807) is 18.5 Å². The molecule has 0 radical (unpaired) electrons. The average molecular weight is 290 g/mol. The van der Waals surface area contributed by atoms with Crippen LogP contribution in [0.3, 0.4) is 0 Å². The minimum absolute atomic E-state index is 0.370. The van der Waals surface area contributed by atoms with Crippen LogP contribution in [0.1, 0.15) is 18.2 Å². The van der Waals surface area contributed by atoms with Gasteiger partial charge in [0, 0.05) is 18.0 Å². The highest BCUT2D eigenvalue weighted by Crippen LogP contribution is 2.25. The van der Waals surface area contributed by atoms with Gasteiger partial charge in [0.1, 0.15) is 0 Å². The van der Waals surface area contributed by atoms with E-state index in [0.717, 1.165) is 4.88 Å². The van der Waals surface area contributed by atoms with Crippen molar-refractivity contribution >= 4 is 21.4 Å². The van der Waals surface area contributed by atoms with Gasteiger partial charge < -0.3 is 10.1 Å². The zero-order valence-electron chi connectivity index (χ0n) is 10.5. The van der Waals surface area contributed by atoms with Crippen LogP contribution in [-0.4, -0.2) is 34.2 Å². The smallest absolute Gasteiger partial charge is 0.242 e. The molecule has 102 valence electrons. The lowest BCUT2D eigenvalue weighted by atomic mass is 10.0. The molecule has 1 saturated heterocycles. The number of hydrogen-bond acceptors (Lipinski definition) is 5. The van der Waals surface area contributed by atoms with Gasteiger partial charge in [0.15, 0.2) is 0 Å². The molecule has 2 rings (SSSR count). The summed E-state index contributed by atoms with van der Waals surface area (Å²) >= 11 is 1.44. The first-order valence-electron chi connectivity index (χ1n) is 5.79. The zero-order chi connectivity index (χ0) is 13.2. The molecule has 1 aromatic heterocycles. The standard InChI is InChI=1S/C11H18N2O3S2/c1-11(4-5-16-8-11)13-18(14,15)10-3-6-17-9(10)7-12-2/h3,6,12-13H,4-5,7-8H2,1-2H3. The van der Waals surface area contributed by atoms with E-state index in [9.17, 15) is 8.42 Å². The van der Waals surface area contributed by atoms with E-state index in [-0.39, 0.29) is 0 Å². The summed E-state index contributed by atoms with van der Waals surface area (Å²) in [5.74, 6) is 0. The van der Waals surface area contributed by atoms with Crippen LogP contribution >= 0.6 is 11.3 Å². The number of thiophene rings is 1. The van der Waals surface area contributed by atoms with Crippen molar-refractivity contribution < 1.29 is 13.2 Å². The van der Waals surface area contributed by atoms with E-state index in [0.29, 0.717) is 31.1 Å². The van der Waals surface area contributed by atoms with E-state index < -0.39 is 15.6 Å². The van der Waals surface area contributed by atoms with Crippen molar-refractivity contribution in [1.82, 2.24) is 10.0 Å². The molecule has 5 nitrogen and oxygen atoms in total. The molecule has 0 amide bonds. The van der Waals surface area contributed by atoms with E-state index in [1.165, 1.54) is 11.3 Å². The van der Waals surface area contributed by atoms with Crippen LogP contribution in [0.5, 0.6) is 0 Å². The Bertz CT molecular complexity index is 504. The normalized spacial score (nSPS) is 24.6. The third-order valence-electron chi connectivity index (χ3n) is 2.93. The fraction of sp³-hybridized carbons (Fsp3) is 0.636. The Morgan fingerprint density at radius 3 is 2.94 bits per heavy atom. The van der Waals surface area contributed by atoms with Gasteiger partial charge in [-0.25, -0.2) is 13.1 Å². The van der Waals surface area contributed by atoms with E-state index in [1.807, 2.05) is 6.92 Å². The molecule has 1 aliphatic heterocycles. The highest BCUT2D eigenvalue weighted by Gasteiger charge is 2.35. The molecule has 0 aliphatic carbocycles. The first-order chi connectivity index (χ1) is 8.47. The number of nitrogens with one attached hydrogen (secondary N) is 2. The highest BCUT2D eigenvalue weighted by molar-refractivity contribution is 7.89. The Kier molecular flexibility index (Phi) is 4.08. The molecule has 0 saturated carbocycles. The van der Waals surface area contributed by atoms with Crippen LogP contribution in [0.4, 0.5) is 0 Å². The summed E-state index contributed by atoms with van der Waals surface area (Å²) in [5.41, 5.74) is -0.488. The van der Waals surface area contributed by atoms with Gasteiger partial charge in [0.25, 0.3) is 0 Å². The molecule has 1 unspecified atom stereocenters. The van der Waals surface area contributed by atoms with Crippen molar-refractivity contribution in [3.63, 3.8) is 0 Å². The summed E-state index contributed by atoms with van der Waals surface area (Å²) in [7, 11) is -1.67. The van der Waals surface area contributed by atoms with Gasteiger partial charge >= 0.3 is 0 Å². The first-order valence-corrected chi connectivity index (χ1v) is 8.16. The summed E-state index contributed by atoms with van der Waals surface area (Å²) in [5, 5.41) is 4.78. The Morgan fingerprint density at radius 2 is 2.33 bits per heavy atom. The quantitative estimate of drug-likeness (QED) is 0.846. The molecule has 1 aliphatic rings. The van der Waals surface area contributed by atoms with E-state index in [2.05, 4.69) is 10.0 Å². The van der Waals surface area contributed by atoms with Crippen molar-refractivity contribution in [2.45, 2.75) is 30.3 Å². The van der Waals surface area contributed by atoms with Crippen LogP contribution < -0.4 is 10.0 Å². The Balaban J connectivity index is 2.22. The summed E-state index contributed by atoms with van der Waals surface area (Å²) in [6, 6.07) is 1.65. The molecule has 2 N–H and O–H groups in total. The van der Waals surface area contributed by atoms with Gasteiger partial charge in [0.05, 0.1) is 17.0 Å². The summed E-state index contributed by atoms with van der Waals surface area (Å²) in [4.78, 5) is 1.20. The Morgan fingerprint density at radius 1 is 1.56 bits per heavy atom. The maximum absolute atomic E-state index is 12.4. The second-order valence-electron chi connectivity index (χ2n) is 4.71. The van der Waals surface area contributed by atoms with Crippen molar-refractivity contribution in [2.75, 3.05) is 20.3 Å². The molecule has 0 aromatic carbocycles. The van der Waals surface area contributed by atoms with Crippen LogP contribution in [0.15, 0.2) is 16.3 Å². The SMILES string of the molecule is CNCc1sccc1S(=O)(=O)NC1(C)CCOC1. The summed E-state index contributed by atoms with van der Waals surface area (Å²) in [6.45, 7) is 3.46. The maximum Gasteiger partial charge on any atom is 0.242 e. The second-order valence-corrected chi connectivity index (χ2v) is 7.36. The van der Waals surface area contributed by atoms with Crippen molar-refractivity contribution in [1.29, 1.82) is 0 Å². The van der Waals surface area contributed by atoms with Gasteiger partial charge in [-0.2, -0.15) is 0 Å². The number of rotatable bonds is 5. The molecule has 7 heteroatoms. The van der Waals surface area contributed by atoms with Crippen molar-refractivity contribution in [2.24, 2.45) is 0 Å². The fourth-order valence-electron chi connectivity index (χ4n) is 1.98. The zero-order valence-corrected chi connectivity index (χ0v) is 12.2. The largest absolute Gasteiger partial charge is 0.379 e. The summed E-state index contributed by atoms with van der Waals surface area (Å²) < 4.78 is 32.7. The lowest BCUT2D eigenvalue weighted by Gasteiger charge is -2.23. The fourth-order valence-corrected chi connectivity index (χ4v) is 4.86. The number of ether oxygens (including phenoxy) is 1. The molecule has 1 fully saturated rings. The number of hydrogen-bond donors (Lipinski definition) is 2. The molecule has 0 bridgehead atoms. The van der Waals surface area contributed by atoms with Gasteiger partial charge in [-0.1, -0.05) is 0 Å². The molecule has 1 aromatic rings. The predicted molar refractivity (Wildman–Crippen MR) is 71.2 cm³/mol. The van der Waals surface area contributed by atoms with Gasteiger partial charge in [-0.15, -0.1) is 11.3 Å². The third kappa shape index (κ3) is 2.92. The van der Waals surface area contributed by atoms with Gasteiger partial charge in [0.2, 0.25) is 10.0 Å². The highest BCUT2D eigenvalue weighted by atomic mass is 32.2. The predicted octanol–water partition coefficient (Wildman–Crippen LogP) is 0.925. The molecule has 1 atom stereocenters. The van der Waals surface area contributed by atoms with Crippen LogP contribution in [0.2, 0.25) is 0 Å². The molecule has 18 heavy (non-hydrogen) atoms. The van der Waals surface area contributed by atoms with Crippen LogP contribution in [0.25, 0.3) is 0 Å².